The van der Waals surface area contributed by atoms with E-state index in [9.17, 15) is 9.90 Å². The van der Waals surface area contributed by atoms with Crippen LogP contribution >= 0.6 is 11.3 Å². The number of rotatable bonds is 4. The molecule has 0 aliphatic carbocycles. The summed E-state index contributed by atoms with van der Waals surface area (Å²) in [5, 5.41) is 22.3. The van der Waals surface area contributed by atoms with Gasteiger partial charge in [-0.3, -0.25) is 14.8 Å². The van der Waals surface area contributed by atoms with Crippen LogP contribution < -0.4 is 10.6 Å². The van der Waals surface area contributed by atoms with Crippen molar-refractivity contribution in [2.45, 2.75) is 39.5 Å². The van der Waals surface area contributed by atoms with Gasteiger partial charge in [-0.05, 0) is 44.4 Å². The summed E-state index contributed by atoms with van der Waals surface area (Å²) in [5.74, 6) is -0.197. The van der Waals surface area contributed by atoms with Gasteiger partial charge in [0.25, 0.3) is 5.91 Å². The van der Waals surface area contributed by atoms with Crippen LogP contribution in [0.3, 0.4) is 0 Å². The fourth-order valence-electron chi connectivity index (χ4n) is 3.26. The molecule has 0 saturated carbocycles. The van der Waals surface area contributed by atoms with Crippen LogP contribution in [-0.4, -0.2) is 32.0 Å². The summed E-state index contributed by atoms with van der Waals surface area (Å²) in [4.78, 5) is 17.1. The van der Waals surface area contributed by atoms with Gasteiger partial charge in [0.1, 0.15) is 6.23 Å². The van der Waals surface area contributed by atoms with Crippen LogP contribution in [0, 0.1) is 6.92 Å². The minimum Gasteiger partial charge on any atom is -0.374 e. The molecule has 8 heteroatoms. The quantitative estimate of drug-likeness (QED) is 0.643. The number of hydrogen-bond acceptors (Lipinski definition) is 6. The highest BCUT2D eigenvalue weighted by molar-refractivity contribution is 7.14. The Morgan fingerprint density at radius 1 is 1.48 bits per heavy atom. The summed E-state index contributed by atoms with van der Waals surface area (Å²) >= 11 is 1.40. The van der Waals surface area contributed by atoms with Crippen LogP contribution in [0.5, 0.6) is 0 Å². The van der Waals surface area contributed by atoms with Crippen molar-refractivity contribution in [3.63, 3.8) is 0 Å². The standard InChI is InChI=1S/C19H21N5O2S/c1-3-24-11(2)14(9-20-24)18(26)23-19-22-16(10-27-19)13-4-6-15-12(8-13)5-7-17(25)21-15/h4,6,8-10,17,21,25H,3,5,7H2,1-2H3,(H,22,23,26). The predicted octanol–water partition coefficient (Wildman–Crippen LogP) is 3.26. The number of anilines is 2. The highest BCUT2D eigenvalue weighted by atomic mass is 32.1. The molecule has 0 radical (unpaired) electrons. The van der Waals surface area contributed by atoms with E-state index in [4.69, 9.17) is 0 Å². The molecule has 1 amide bonds. The monoisotopic (exact) mass is 383 g/mol. The van der Waals surface area contributed by atoms with Gasteiger partial charge in [-0.25, -0.2) is 4.98 Å². The Balaban J connectivity index is 1.52. The molecule has 3 heterocycles. The molecular formula is C19H21N5O2S. The topological polar surface area (TPSA) is 92.1 Å². The molecule has 0 saturated heterocycles. The molecule has 1 aliphatic heterocycles. The third-order valence-corrected chi connectivity index (χ3v) is 5.54. The number of aliphatic hydroxyl groups excluding tert-OH is 1. The van der Waals surface area contributed by atoms with Gasteiger partial charge in [-0.1, -0.05) is 6.07 Å². The molecule has 1 unspecified atom stereocenters. The first-order chi connectivity index (χ1) is 13.0. The normalized spacial score (nSPS) is 15.9. The number of aliphatic hydroxyl groups is 1. The fraction of sp³-hybridized carbons (Fsp3) is 0.316. The zero-order valence-corrected chi connectivity index (χ0v) is 16.0. The van der Waals surface area contributed by atoms with Gasteiger partial charge in [0.05, 0.1) is 17.5 Å². The van der Waals surface area contributed by atoms with Gasteiger partial charge < -0.3 is 10.4 Å². The van der Waals surface area contributed by atoms with Crippen molar-refractivity contribution in [1.29, 1.82) is 0 Å². The highest BCUT2D eigenvalue weighted by Crippen LogP contribution is 2.31. The van der Waals surface area contributed by atoms with Crippen molar-refractivity contribution >= 4 is 28.1 Å². The number of carbonyl (C=O) groups is 1. The van der Waals surface area contributed by atoms with E-state index in [1.807, 2.05) is 31.4 Å². The van der Waals surface area contributed by atoms with E-state index < -0.39 is 6.23 Å². The maximum absolute atomic E-state index is 12.5. The van der Waals surface area contributed by atoms with E-state index in [1.54, 1.807) is 10.9 Å². The summed E-state index contributed by atoms with van der Waals surface area (Å²) < 4.78 is 1.79. The third kappa shape index (κ3) is 3.45. The summed E-state index contributed by atoms with van der Waals surface area (Å²) in [5.41, 5.74) is 5.36. The molecule has 3 aromatic rings. The van der Waals surface area contributed by atoms with Crippen molar-refractivity contribution < 1.29 is 9.90 Å². The van der Waals surface area contributed by atoms with E-state index >= 15 is 0 Å². The molecule has 0 bridgehead atoms. The van der Waals surface area contributed by atoms with Gasteiger partial charge in [0.15, 0.2) is 5.13 Å². The zero-order chi connectivity index (χ0) is 19.0. The Hall–Kier alpha value is -2.71. The van der Waals surface area contributed by atoms with Crippen LogP contribution in [0.2, 0.25) is 0 Å². The van der Waals surface area contributed by atoms with Crippen LogP contribution in [-0.2, 0) is 13.0 Å². The molecule has 1 aliphatic rings. The predicted molar refractivity (Wildman–Crippen MR) is 106 cm³/mol. The highest BCUT2D eigenvalue weighted by Gasteiger charge is 2.18. The summed E-state index contributed by atoms with van der Waals surface area (Å²) in [6.45, 7) is 4.60. The number of nitrogens with one attached hydrogen (secondary N) is 2. The molecule has 3 N–H and O–H groups in total. The number of hydrogen-bond donors (Lipinski definition) is 3. The van der Waals surface area contributed by atoms with Crippen molar-refractivity contribution in [3.8, 4) is 11.3 Å². The van der Waals surface area contributed by atoms with Crippen LogP contribution in [0.1, 0.15) is 35.0 Å². The molecule has 1 aromatic carbocycles. The molecular weight excluding hydrogens is 362 g/mol. The molecule has 1 atom stereocenters. The first-order valence-electron chi connectivity index (χ1n) is 8.92. The second-order valence-electron chi connectivity index (χ2n) is 6.52. The van der Waals surface area contributed by atoms with Gasteiger partial charge in [0, 0.05) is 28.9 Å². The smallest absolute Gasteiger partial charge is 0.260 e. The Morgan fingerprint density at radius 2 is 2.33 bits per heavy atom. The lowest BCUT2D eigenvalue weighted by Crippen LogP contribution is -2.24. The van der Waals surface area contributed by atoms with Crippen molar-refractivity contribution in [1.82, 2.24) is 14.8 Å². The second-order valence-corrected chi connectivity index (χ2v) is 7.38. The van der Waals surface area contributed by atoms with E-state index in [1.165, 1.54) is 16.9 Å². The first kappa shape index (κ1) is 17.7. The molecule has 27 heavy (non-hydrogen) atoms. The first-order valence-corrected chi connectivity index (χ1v) is 9.80. The summed E-state index contributed by atoms with van der Waals surface area (Å²) in [6, 6.07) is 6.03. The minimum atomic E-state index is -0.482. The SMILES string of the molecule is CCn1ncc(C(=O)Nc2nc(-c3ccc4c(c3)CCC(O)N4)cs2)c1C. The van der Waals surface area contributed by atoms with Crippen molar-refractivity contribution in [3.05, 3.63) is 46.6 Å². The maximum Gasteiger partial charge on any atom is 0.260 e. The number of fused-ring (bicyclic) bond motifs is 1. The second kappa shape index (κ2) is 7.13. The Morgan fingerprint density at radius 3 is 3.11 bits per heavy atom. The number of aryl methyl sites for hydroxylation is 2. The number of thiazole rings is 1. The number of benzene rings is 1. The van der Waals surface area contributed by atoms with E-state index in [0.717, 1.165) is 35.6 Å². The largest absolute Gasteiger partial charge is 0.374 e. The molecule has 2 aromatic heterocycles. The number of aromatic nitrogens is 3. The van der Waals surface area contributed by atoms with E-state index in [-0.39, 0.29) is 5.91 Å². The van der Waals surface area contributed by atoms with Crippen LogP contribution in [0.4, 0.5) is 10.8 Å². The van der Waals surface area contributed by atoms with Crippen molar-refractivity contribution in [2.24, 2.45) is 0 Å². The zero-order valence-electron chi connectivity index (χ0n) is 15.2. The molecule has 0 fully saturated rings. The van der Waals surface area contributed by atoms with Gasteiger partial charge in [-0.2, -0.15) is 5.10 Å². The summed E-state index contributed by atoms with van der Waals surface area (Å²) in [7, 11) is 0. The van der Waals surface area contributed by atoms with Gasteiger partial charge >= 0.3 is 0 Å². The fourth-order valence-corrected chi connectivity index (χ4v) is 3.98. The Labute approximate surface area is 161 Å². The van der Waals surface area contributed by atoms with Crippen LogP contribution in [0.25, 0.3) is 11.3 Å². The molecule has 0 spiro atoms. The van der Waals surface area contributed by atoms with Gasteiger partial charge in [-0.15, -0.1) is 11.3 Å². The number of nitrogens with zero attached hydrogens (tertiary/aromatic N) is 3. The Kier molecular flexibility index (Phi) is 4.67. The lowest BCUT2D eigenvalue weighted by molar-refractivity contribution is 0.102. The van der Waals surface area contributed by atoms with E-state index in [2.05, 4.69) is 26.8 Å². The van der Waals surface area contributed by atoms with E-state index in [0.29, 0.717) is 17.1 Å². The minimum absolute atomic E-state index is 0.197. The lowest BCUT2D eigenvalue weighted by Gasteiger charge is -2.23. The number of amides is 1. The Bertz CT molecular complexity index is 994. The van der Waals surface area contributed by atoms with Crippen LogP contribution in [0.15, 0.2) is 29.8 Å². The lowest BCUT2D eigenvalue weighted by atomic mass is 9.99. The third-order valence-electron chi connectivity index (χ3n) is 4.78. The maximum atomic E-state index is 12.5. The average Bonchev–Trinajstić information content (AvgIpc) is 3.27. The summed E-state index contributed by atoms with van der Waals surface area (Å²) in [6.07, 6.45) is 2.63. The molecule has 140 valence electrons. The molecule has 4 rings (SSSR count). The van der Waals surface area contributed by atoms with Gasteiger partial charge in [0.2, 0.25) is 0 Å². The van der Waals surface area contributed by atoms with Crippen molar-refractivity contribution in [2.75, 3.05) is 10.6 Å². The number of carbonyl (C=O) groups excluding carboxylic acids is 1. The molecule has 7 nitrogen and oxygen atoms in total. The average molecular weight is 383 g/mol.